The maximum Gasteiger partial charge on any atom is 0.122 e. The fraction of sp³-hybridized carbons (Fsp3) is 0.357. The van der Waals surface area contributed by atoms with Gasteiger partial charge >= 0.3 is 0 Å². The van der Waals surface area contributed by atoms with E-state index in [0.29, 0.717) is 6.04 Å². The molecule has 1 aromatic carbocycles. The predicted octanol–water partition coefficient (Wildman–Crippen LogP) is 1.51. The summed E-state index contributed by atoms with van der Waals surface area (Å²) in [6, 6.07) is 8.61. The molecule has 0 bridgehead atoms. The molecule has 0 amide bonds. The minimum Gasteiger partial charge on any atom is -0.492 e. The molecule has 0 fully saturated rings. The molecule has 4 heteroatoms. The van der Waals surface area contributed by atoms with Crippen molar-refractivity contribution in [2.75, 3.05) is 6.61 Å². The summed E-state index contributed by atoms with van der Waals surface area (Å²) in [5.74, 6) is 1.02. The number of ether oxygens (including phenoxy) is 1. The molecule has 1 aromatic heterocycles. The zero-order chi connectivity index (χ0) is 12.4. The van der Waals surface area contributed by atoms with Crippen LogP contribution in [0.4, 0.5) is 0 Å². The summed E-state index contributed by atoms with van der Waals surface area (Å²) in [5.41, 5.74) is 2.47. The summed E-state index contributed by atoms with van der Waals surface area (Å²) in [5, 5.41) is 3.52. The monoisotopic (exact) mass is 243 g/mol. The summed E-state index contributed by atoms with van der Waals surface area (Å²) in [6.45, 7) is 1.56. The van der Waals surface area contributed by atoms with E-state index in [1.807, 2.05) is 36.3 Å². The fourth-order valence-electron chi connectivity index (χ4n) is 2.26. The highest BCUT2D eigenvalue weighted by Gasteiger charge is 2.18. The van der Waals surface area contributed by atoms with Crippen molar-refractivity contribution in [3.8, 4) is 5.75 Å². The Morgan fingerprint density at radius 2 is 2.33 bits per heavy atom. The second-order valence-electron chi connectivity index (χ2n) is 4.70. The zero-order valence-electron chi connectivity index (χ0n) is 10.5. The van der Waals surface area contributed by atoms with Gasteiger partial charge < -0.3 is 14.6 Å². The molecule has 1 unspecified atom stereocenters. The summed E-state index contributed by atoms with van der Waals surface area (Å²) in [7, 11) is 2.01. The molecule has 3 rings (SSSR count). The third-order valence-electron chi connectivity index (χ3n) is 3.37. The first-order valence-electron chi connectivity index (χ1n) is 6.22. The van der Waals surface area contributed by atoms with Gasteiger partial charge in [0, 0.05) is 25.8 Å². The second-order valence-corrected chi connectivity index (χ2v) is 4.70. The average molecular weight is 243 g/mol. The Morgan fingerprint density at radius 1 is 1.44 bits per heavy atom. The first-order valence-corrected chi connectivity index (χ1v) is 6.22. The first-order chi connectivity index (χ1) is 8.83. The third kappa shape index (κ3) is 2.24. The number of nitrogens with one attached hydrogen (secondary N) is 1. The van der Waals surface area contributed by atoms with Gasteiger partial charge in [0.2, 0.25) is 0 Å². The van der Waals surface area contributed by atoms with E-state index in [1.54, 1.807) is 0 Å². The van der Waals surface area contributed by atoms with Gasteiger partial charge in [-0.3, -0.25) is 0 Å². The Morgan fingerprint density at radius 3 is 3.17 bits per heavy atom. The quantitative estimate of drug-likeness (QED) is 0.888. The van der Waals surface area contributed by atoms with E-state index in [2.05, 4.69) is 22.4 Å². The van der Waals surface area contributed by atoms with Crippen molar-refractivity contribution in [1.82, 2.24) is 14.9 Å². The van der Waals surface area contributed by atoms with Crippen molar-refractivity contribution < 1.29 is 4.74 Å². The number of hydrogen-bond acceptors (Lipinski definition) is 3. The number of rotatable bonds is 3. The molecule has 1 aliphatic heterocycles. The molecule has 1 N–H and O–H groups in total. The van der Waals surface area contributed by atoms with Gasteiger partial charge in [0.05, 0.1) is 12.0 Å². The van der Waals surface area contributed by atoms with E-state index >= 15 is 0 Å². The molecule has 0 radical (unpaired) electrons. The van der Waals surface area contributed by atoms with E-state index in [-0.39, 0.29) is 0 Å². The molecule has 2 aromatic rings. The number of benzene rings is 1. The smallest absolute Gasteiger partial charge is 0.122 e. The minimum absolute atomic E-state index is 0.370. The van der Waals surface area contributed by atoms with Gasteiger partial charge in [-0.1, -0.05) is 18.2 Å². The number of aryl methyl sites for hydroxylation is 1. The number of para-hydroxylation sites is 1. The van der Waals surface area contributed by atoms with Crippen LogP contribution in [0.3, 0.4) is 0 Å². The van der Waals surface area contributed by atoms with Crippen LogP contribution in [0.15, 0.2) is 36.8 Å². The number of nitrogens with zero attached hydrogens (tertiary/aromatic N) is 2. The number of fused-ring (bicyclic) bond motifs is 1. The van der Waals surface area contributed by atoms with Crippen LogP contribution >= 0.6 is 0 Å². The van der Waals surface area contributed by atoms with Crippen LogP contribution in [0.5, 0.6) is 5.75 Å². The van der Waals surface area contributed by atoms with E-state index in [0.717, 1.165) is 25.3 Å². The molecule has 0 spiro atoms. The molecule has 0 saturated heterocycles. The maximum atomic E-state index is 5.75. The molecule has 0 aliphatic carbocycles. The highest BCUT2D eigenvalue weighted by Crippen LogP contribution is 2.23. The Bertz CT molecular complexity index is 535. The summed E-state index contributed by atoms with van der Waals surface area (Å²) < 4.78 is 7.78. The highest BCUT2D eigenvalue weighted by molar-refractivity contribution is 5.35. The van der Waals surface area contributed by atoms with E-state index in [9.17, 15) is 0 Å². The standard InChI is InChI=1S/C14H17N3O/c1-17-10-15-7-13(17)8-16-12-6-11-4-2-3-5-14(11)18-9-12/h2-5,7,10,12,16H,6,8-9H2,1H3. The molecule has 0 saturated carbocycles. The van der Waals surface area contributed by atoms with Gasteiger partial charge in [0.1, 0.15) is 12.4 Å². The zero-order valence-corrected chi connectivity index (χ0v) is 10.5. The lowest BCUT2D eigenvalue weighted by molar-refractivity contribution is 0.237. The lowest BCUT2D eigenvalue weighted by Crippen LogP contribution is -2.39. The van der Waals surface area contributed by atoms with E-state index < -0.39 is 0 Å². The molecule has 2 heterocycles. The van der Waals surface area contributed by atoms with Crippen LogP contribution in [0.25, 0.3) is 0 Å². The molecular weight excluding hydrogens is 226 g/mol. The average Bonchev–Trinajstić information content (AvgIpc) is 2.82. The second kappa shape index (κ2) is 4.82. The largest absolute Gasteiger partial charge is 0.492 e. The third-order valence-corrected chi connectivity index (χ3v) is 3.37. The molecular formula is C14H17N3O. The van der Waals surface area contributed by atoms with Gasteiger partial charge in [-0.15, -0.1) is 0 Å². The Kier molecular flexibility index (Phi) is 3.02. The Labute approximate surface area is 107 Å². The van der Waals surface area contributed by atoms with Gasteiger partial charge in [-0.25, -0.2) is 4.98 Å². The SMILES string of the molecule is Cn1cncc1CNC1COc2ccccc2C1. The van der Waals surface area contributed by atoms with Gasteiger partial charge in [0.25, 0.3) is 0 Å². The van der Waals surface area contributed by atoms with Crippen LogP contribution < -0.4 is 10.1 Å². The minimum atomic E-state index is 0.370. The number of aromatic nitrogens is 2. The molecule has 94 valence electrons. The number of hydrogen-bond donors (Lipinski definition) is 1. The Hall–Kier alpha value is -1.81. The summed E-state index contributed by atoms with van der Waals surface area (Å²) in [4.78, 5) is 4.11. The summed E-state index contributed by atoms with van der Waals surface area (Å²) >= 11 is 0. The van der Waals surface area contributed by atoms with Crippen LogP contribution in [-0.2, 0) is 20.0 Å². The van der Waals surface area contributed by atoms with Crippen molar-refractivity contribution in [3.05, 3.63) is 48.0 Å². The first kappa shape index (κ1) is 11.3. The Balaban J connectivity index is 1.61. The van der Waals surface area contributed by atoms with Gasteiger partial charge in [-0.2, -0.15) is 0 Å². The van der Waals surface area contributed by atoms with Crippen molar-refractivity contribution in [2.24, 2.45) is 7.05 Å². The topological polar surface area (TPSA) is 39.1 Å². The number of imidazole rings is 1. The lowest BCUT2D eigenvalue weighted by atomic mass is 10.0. The van der Waals surface area contributed by atoms with E-state index in [1.165, 1.54) is 11.3 Å². The van der Waals surface area contributed by atoms with Crippen molar-refractivity contribution in [3.63, 3.8) is 0 Å². The van der Waals surface area contributed by atoms with Crippen molar-refractivity contribution in [2.45, 2.75) is 19.0 Å². The molecule has 1 atom stereocenters. The van der Waals surface area contributed by atoms with Crippen molar-refractivity contribution in [1.29, 1.82) is 0 Å². The van der Waals surface area contributed by atoms with Crippen LogP contribution in [0.2, 0.25) is 0 Å². The predicted molar refractivity (Wildman–Crippen MR) is 69.5 cm³/mol. The van der Waals surface area contributed by atoms with Crippen LogP contribution in [0.1, 0.15) is 11.3 Å². The maximum absolute atomic E-state index is 5.75. The van der Waals surface area contributed by atoms with Crippen LogP contribution in [0, 0.1) is 0 Å². The molecule has 1 aliphatic rings. The molecule has 4 nitrogen and oxygen atoms in total. The normalized spacial score (nSPS) is 18.2. The van der Waals surface area contributed by atoms with Crippen LogP contribution in [-0.4, -0.2) is 22.2 Å². The van der Waals surface area contributed by atoms with Gasteiger partial charge in [-0.05, 0) is 18.1 Å². The fourth-order valence-corrected chi connectivity index (χ4v) is 2.26. The van der Waals surface area contributed by atoms with Crippen molar-refractivity contribution >= 4 is 0 Å². The summed E-state index contributed by atoms with van der Waals surface area (Å²) in [6.07, 6.45) is 4.74. The lowest BCUT2D eigenvalue weighted by Gasteiger charge is -2.26. The molecule has 18 heavy (non-hydrogen) atoms. The van der Waals surface area contributed by atoms with E-state index in [4.69, 9.17) is 4.74 Å². The van der Waals surface area contributed by atoms with Gasteiger partial charge in [0.15, 0.2) is 0 Å². The highest BCUT2D eigenvalue weighted by atomic mass is 16.5.